The summed E-state index contributed by atoms with van der Waals surface area (Å²) in [6.07, 6.45) is 4.32. The smallest absolute Gasteiger partial charge is 0.255 e. The molecule has 1 fully saturated rings. The van der Waals surface area contributed by atoms with Crippen molar-refractivity contribution in [3.63, 3.8) is 0 Å². The number of nitrogens with zero attached hydrogens (tertiary/aromatic N) is 4. The molecular weight excluding hydrogens is 316 g/mol. The molecule has 25 heavy (non-hydrogen) atoms. The fraction of sp³-hybridized carbons (Fsp3) is 0.316. The first-order valence-corrected chi connectivity index (χ1v) is 8.52. The SMILES string of the molecule is CC1CN(C(=O)c2ccc(-n3cnc4ccccc43)nc2)CCCO1. The van der Waals surface area contributed by atoms with Gasteiger partial charge >= 0.3 is 0 Å². The van der Waals surface area contributed by atoms with Gasteiger partial charge in [0.05, 0.1) is 22.7 Å². The van der Waals surface area contributed by atoms with Gasteiger partial charge in [-0.25, -0.2) is 9.97 Å². The first-order valence-electron chi connectivity index (χ1n) is 8.52. The van der Waals surface area contributed by atoms with E-state index in [2.05, 4.69) is 9.97 Å². The zero-order valence-corrected chi connectivity index (χ0v) is 14.1. The van der Waals surface area contributed by atoms with Crippen LogP contribution in [0.1, 0.15) is 23.7 Å². The third-order valence-electron chi connectivity index (χ3n) is 4.43. The summed E-state index contributed by atoms with van der Waals surface area (Å²) in [4.78, 5) is 23.4. The van der Waals surface area contributed by atoms with Gasteiger partial charge < -0.3 is 9.64 Å². The van der Waals surface area contributed by atoms with E-state index in [-0.39, 0.29) is 12.0 Å². The second-order valence-corrected chi connectivity index (χ2v) is 6.29. The Hall–Kier alpha value is -2.73. The Morgan fingerprint density at radius 1 is 1.20 bits per heavy atom. The Morgan fingerprint density at radius 3 is 2.92 bits per heavy atom. The number of carbonyl (C=O) groups is 1. The van der Waals surface area contributed by atoms with Crippen molar-refractivity contribution >= 4 is 16.9 Å². The van der Waals surface area contributed by atoms with Gasteiger partial charge in [0.2, 0.25) is 0 Å². The van der Waals surface area contributed by atoms with E-state index in [0.717, 1.165) is 29.8 Å². The second-order valence-electron chi connectivity index (χ2n) is 6.29. The summed E-state index contributed by atoms with van der Waals surface area (Å²) in [7, 11) is 0. The van der Waals surface area contributed by atoms with Gasteiger partial charge in [-0.05, 0) is 37.6 Å². The summed E-state index contributed by atoms with van der Waals surface area (Å²) in [5.41, 5.74) is 2.51. The zero-order valence-electron chi connectivity index (χ0n) is 14.1. The van der Waals surface area contributed by atoms with E-state index in [1.165, 1.54) is 0 Å². The number of pyridine rings is 1. The lowest BCUT2D eigenvalue weighted by Crippen LogP contribution is -2.36. The summed E-state index contributed by atoms with van der Waals surface area (Å²) in [6.45, 7) is 4.04. The molecule has 2 aromatic heterocycles. The Kier molecular flexibility index (Phi) is 4.19. The quantitative estimate of drug-likeness (QED) is 0.722. The molecule has 0 radical (unpaired) electrons. The van der Waals surface area contributed by atoms with Crippen LogP contribution in [0.15, 0.2) is 48.9 Å². The molecule has 0 saturated carbocycles. The number of ether oxygens (including phenoxy) is 1. The lowest BCUT2D eigenvalue weighted by atomic mass is 10.2. The Bertz CT molecular complexity index is 888. The maximum Gasteiger partial charge on any atom is 0.255 e. The van der Waals surface area contributed by atoms with Crippen LogP contribution in [-0.4, -0.2) is 51.1 Å². The van der Waals surface area contributed by atoms with Gasteiger partial charge in [-0.1, -0.05) is 12.1 Å². The molecule has 1 aliphatic rings. The molecule has 1 amide bonds. The number of imidazole rings is 1. The zero-order chi connectivity index (χ0) is 17.2. The number of rotatable bonds is 2. The monoisotopic (exact) mass is 336 g/mol. The summed E-state index contributed by atoms with van der Waals surface area (Å²) >= 11 is 0. The van der Waals surface area contributed by atoms with Gasteiger partial charge in [-0.3, -0.25) is 9.36 Å². The molecule has 0 spiro atoms. The molecule has 128 valence electrons. The minimum absolute atomic E-state index is 0.00638. The minimum atomic E-state index is 0.00638. The topological polar surface area (TPSA) is 60.2 Å². The van der Waals surface area contributed by atoms with Crippen LogP contribution in [-0.2, 0) is 4.74 Å². The van der Waals surface area contributed by atoms with E-state index >= 15 is 0 Å². The highest BCUT2D eigenvalue weighted by Crippen LogP contribution is 2.17. The van der Waals surface area contributed by atoms with Gasteiger partial charge in [0.1, 0.15) is 12.1 Å². The van der Waals surface area contributed by atoms with Crippen molar-refractivity contribution < 1.29 is 9.53 Å². The van der Waals surface area contributed by atoms with Crippen LogP contribution in [0.3, 0.4) is 0 Å². The first kappa shape index (κ1) is 15.8. The Balaban J connectivity index is 1.58. The average molecular weight is 336 g/mol. The molecule has 3 aromatic rings. The van der Waals surface area contributed by atoms with Gasteiger partial charge in [-0.2, -0.15) is 0 Å². The molecule has 6 heteroatoms. The van der Waals surface area contributed by atoms with Crippen molar-refractivity contribution in [2.24, 2.45) is 0 Å². The molecule has 1 atom stereocenters. The summed E-state index contributed by atoms with van der Waals surface area (Å²) < 4.78 is 7.53. The normalized spacial score (nSPS) is 18.3. The van der Waals surface area contributed by atoms with Crippen molar-refractivity contribution in [2.75, 3.05) is 19.7 Å². The number of para-hydroxylation sites is 2. The van der Waals surface area contributed by atoms with Crippen molar-refractivity contribution in [2.45, 2.75) is 19.4 Å². The van der Waals surface area contributed by atoms with Crippen LogP contribution in [0.4, 0.5) is 0 Å². The summed E-state index contributed by atoms with van der Waals surface area (Å²) in [5.74, 6) is 0.754. The summed E-state index contributed by atoms with van der Waals surface area (Å²) in [6, 6.07) is 11.6. The number of aromatic nitrogens is 3. The predicted octanol–water partition coefficient (Wildman–Crippen LogP) is 2.67. The van der Waals surface area contributed by atoms with E-state index in [1.54, 1.807) is 12.5 Å². The second kappa shape index (κ2) is 6.64. The molecule has 1 aliphatic heterocycles. The molecule has 0 bridgehead atoms. The number of hydrogen-bond donors (Lipinski definition) is 0. The highest BCUT2D eigenvalue weighted by Gasteiger charge is 2.21. The molecular formula is C19H20N4O2. The van der Waals surface area contributed by atoms with Gasteiger partial charge in [0, 0.05) is 25.9 Å². The maximum absolute atomic E-state index is 12.7. The van der Waals surface area contributed by atoms with Gasteiger partial charge in [0.15, 0.2) is 0 Å². The molecule has 4 rings (SSSR count). The van der Waals surface area contributed by atoms with Crippen molar-refractivity contribution in [3.05, 3.63) is 54.5 Å². The van der Waals surface area contributed by atoms with Crippen LogP contribution < -0.4 is 0 Å². The Morgan fingerprint density at radius 2 is 2.08 bits per heavy atom. The molecule has 0 aliphatic carbocycles. The maximum atomic E-state index is 12.7. The van der Waals surface area contributed by atoms with E-state index in [9.17, 15) is 4.79 Å². The fourth-order valence-corrected chi connectivity index (χ4v) is 3.16. The van der Waals surface area contributed by atoms with E-state index in [0.29, 0.717) is 18.7 Å². The molecule has 3 heterocycles. The molecule has 6 nitrogen and oxygen atoms in total. The van der Waals surface area contributed by atoms with Crippen LogP contribution in [0.25, 0.3) is 16.9 Å². The highest BCUT2D eigenvalue weighted by atomic mass is 16.5. The van der Waals surface area contributed by atoms with E-state index in [4.69, 9.17) is 4.74 Å². The third kappa shape index (κ3) is 3.13. The molecule has 1 unspecified atom stereocenters. The lowest BCUT2D eigenvalue weighted by molar-refractivity contribution is 0.0562. The van der Waals surface area contributed by atoms with E-state index in [1.807, 2.05) is 52.8 Å². The van der Waals surface area contributed by atoms with Crippen molar-refractivity contribution in [1.29, 1.82) is 0 Å². The van der Waals surface area contributed by atoms with Crippen LogP contribution in [0, 0.1) is 0 Å². The van der Waals surface area contributed by atoms with Crippen molar-refractivity contribution in [1.82, 2.24) is 19.4 Å². The number of hydrogen-bond acceptors (Lipinski definition) is 4. The largest absolute Gasteiger partial charge is 0.377 e. The number of carbonyl (C=O) groups excluding carboxylic acids is 1. The number of amides is 1. The fourth-order valence-electron chi connectivity index (χ4n) is 3.16. The van der Waals surface area contributed by atoms with Crippen molar-refractivity contribution in [3.8, 4) is 5.82 Å². The van der Waals surface area contributed by atoms with E-state index < -0.39 is 0 Å². The van der Waals surface area contributed by atoms with Crippen LogP contribution in [0.5, 0.6) is 0 Å². The van der Waals surface area contributed by atoms with Crippen LogP contribution in [0.2, 0.25) is 0 Å². The standard InChI is InChI=1S/C19H20N4O2/c1-14-12-22(9-4-10-25-14)19(24)15-7-8-18(20-11-15)23-13-21-16-5-2-3-6-17(16)23/h2-3,5-8,11,13-14H,4,9-10,12H2,1H3. The predicted molar refractivity (Wildman–Crippen MR) is 94.8 cm³/mol. The van der Waals surface area contributed by atoms with Gasteiger partial charge in [-0.15, -0.1) is 0 Å². The third-order valence-corrected chi connectivity index (χ3v) is 4.43. The molecule has 0 N–H and O–H groups in total. The Labute approximate surface area is 146 Å². The van der Waals surface area contributed by atoms with Gasteiger partial charge in [0.25, 0.3) is 5.91 Å². The van der Waals surface area contributed by atoms with Crippen LogP contribution >= 0.6 is 0 Å². The minimum Gasteiger partial charge on any atom is -0.377 e. The number of benzene rings is 1. The first-order chi connectivity index (χ1) is 12.2. The summed E-state index contributed by atoms with van der Waals surface area (Å²) in [5, 5.41) is 0. The molecule has 1 aromatic carbocycles. The molecule has 1 saturated heterocycles. The lowest BCUT2D eigenvalue weighted by Gasteiger charge is -2.22. The highest BCUT2D eigenvalue weighted by molar-refractivity contribution is 5.94. The number of fused-ring (bicyclic) bond motifs is 1. The average Bonchev–Trinajstić information content (AvgIpc) is 2.96.